The minimum atomic E-state index is 0.509. The highest BCUT2D eigenvalue weighted by Gasteiger charge is 2.12. The summed E-state index contributed by atoms with van der Waals surface area (Å²) in [4.78, 5) is 2.47. The third kappa shape index (κ3) is 5.85. The number of anilines is 2. The first-order chi connectivity index (χ1) is 12.4. The maximum Gasteiger partial charge on any atom is 0.131 e. The molecule has 2 aromatic rings. The summed E-state index contributed by atoms with van der Waals surface area (Å²) in [6.07, 6.45) is 0.982. The Kier molecular flexibility index (Phi) is 7.16. The molecule has 0 aliphatic heterocycles. The van der Waals surface area contributed by atoms with Crippen LogP contribution < -0.4 is 20.9 Å². The molecule has 26 heavy (non-hydrogen) atoms. The lowest BCUT2D eigenvalue weighted by Gasteiger charge is -2.30. The van der Waals surface area contributed by atoms with Crippen molar-refractivity contribution in [3.63, 3.8) is 0 Å². The lowest BCUT2D eigenvalue weighted by molar-refractivity contribution is 0.160. The van der Waals surface area contributed by atoms with Crippen LogP contribution in [0, 0.1) is 0 Å². The third-order valence-corrected chi connectivity index (χ3v) is 4.26. The molecule has 2 rings (SSSR count). The van der Waals surface area contributed by atoms with E-state index in [0.29, 0.717) is 41.6 Å². The number of nitrogen functional groups attached to an aromatic ring is 2. The van der Waals surface area contributed by atoms with Crippen molar-refractivity contribution in [3.05, 3.63) is 42.5 Å². The average Bonchev–Trinajstić information content (AvgIpc) is 2.57. The van der Waals surface area contributed by atoms with Crippen molar-refractivity contribution in [2.75, 3.05) is 24.6 Å². The summed E-state index contributed by atoms with van der Waals surface area (Å²) in [6, 6.07) is 14.0. The number of nitrogens with zero attached hydrogens (tertiary/aromatic N) is 1. The molecule has 0 bridgehead atoms. The molecule has 0 atom stereocenters. The van der Waals surface area contributed by atoms with Crippen LogP contribution in [0.4, 0.5) is 11.4 Å². The molecule has 0 heterocycles. The van der Waals surface area contributed by atoms with Crippen molar-refractivity contribution >= 4 is 11.4 Å². The van der Waals surface area contributed by atoms with Crippen LogP contribution in [0.2, 0.25) is 0 Å². The fourth-order valence-corrected chi connectivity index (χ4v) is 2.93. The number of benzene rings is 2. The maximum atomic E-state index is 5.89. The Bertz CT molecular complexity index is 693. The second-order valence-electron chi connectivity index (χ2n) is 6.99. The van der Waals surface area contributed by atoms with E-state index in [1.54, 1.807) is 18.2 Å². The van der Waals surface area contributed by atoms with Crippen LogP contribution in [0.5, 0.6) is 17.2 Å². The lowest BCUT2D eigenvalue weighted by Crippen LogP contribution is -2.38. The number of hydrogen-bond donors (Lipinski definition) is 2. The highest BCUT2D eigenvalue weighted by Crippen LogP contribution is 2.28. The number of rotatable bonds is 9. The first kappa shape index (κ1) is 19.9. The first-order valence-electron chi connectivity index (χ1n) is 9.18. The van der Waals surface area contributed by atoms with Gasteiger partial charge in [-0.15, -0.1) is 0 Å². The highest BCUT2D eigenvalue weighted by atomic mass is 16.5. The van der Waals surface area contributed by atoms with E-state index in [0.717, 1.165) is 18.7 Å². The van der Waals surface area contributed by atoms with Crippen molar-refractivity contribution in [2.24, 2.45) is 0 Å². The molecule has 0 fully saturated rings. The number of hydrogen-bond acceptors (Lipinski definition) is 5. The van der Waals surface area contributed by atoms with Crippen LogP contribution in [0.1, 0.15) is 34.1 Å². The van der Waals surface area contributed by atoms with Gasteiger partial charge in [0.2, 0.25) is 0 Å². The molecule has 0 amide bonds. The molecule has 0 saturated carbocycles. The Morgan fingerprint density at radius 3 is 2.15 bits per heavy atom. The summed E-state index contributed by atoms with van der Waals surface area (Å²) < 4.78 is 11.7. The van der Waals surface area contributed by atoms with Crippen LogP contribution in [0.3, 0.4) is 0 Å². The van der Waals surface area contributed by atoms with Crippen molar-refractivity contribution in [3.8, 4) is 17.2 Å². The second kappa shape index (κ2) is 9.34. The zero-order chi connectivity index (χ0) is 19.1. The van der Waals surface area contributed by atoms with E-state index in [1.165, 1.54) is 0 Å². The molecule has 2 aromatic carbocycles. The Balaban J connectivity index is 1.87. The van der Waals surface area contributed by atoms with Crippen LogP contribution in [-0.4, -0.2) is 30.1 Å². The topological polar surface area (TPSA) is 73.7 Å². The van der Waals surface area contributed by atoms with Gasteiger partial charge in [0.15, 0.2) is 0 Å². The minimum absolute atomic E-state index is 0.509. The molecule has 0 unspecified atom stereocenters. The average molecular weight is 357 g/mol. The SMILES string of the molecule is CC(C)N(CCCOc1cccc(Oc2ccc(N)c(N)c2)c1)C(C)C. The Hall–Kier alpha value is -2.40. The predicted molar refractivity (Wildman–Crippen MR) is 109 cm³/mol. The van der Waals surface area contributed by atoms with Gasteiger partial charge in [0, 0.05) is 30.8 Å². The Morgan fingerprint density at radius 1 is 0.846 bits per heavy atom. The fourth-order valence-electron chi connectivity index (χ4n) is 2.93. The van der Waals surface area contributed by atoms with Gasteiger partial charge in [0.1, 0.15) is 17.2 Å². The predicted octanol–water partition coefficient (Wildman–Crippen LogP) is 4.53. The van der Waals surface area contributed by atoms with Gasteiger partial charge < -0.3 is 20.9 Å². The zero-order valence-corrected chi connectivity index (χ0v) is 16.2. The molecule has 0 spiro atoms. The summed E-state index contributed by atoms with van der Waals surface area (Å²) >= 11 is 0. The monoisotopic (exact) mass is 357 g/mol. The van der Waals surface area contributed by atoms with Gasteiger partial charge in [-0.1, -0.05) is 6.07 Å². The van der Waals surface area contributed by atoms with Gasteiger partial charge in [-0.25, -0.2) is 0 Å². The normalized spacial score (nSPS) is 11.3. The highest BCUT2D eigenvalue weighted by molar-refractivity contribution is 5.65. The largest absolute Gasteiger partial charge is 0.493 e. The van der Waals surface area contributed by atoms with Gasteiger partial charge >= 0.3 is 0 Å². The van der Waals surface area contributed by atoms with E-state index in [-0.39, 0.29) is 0 Å². The van der Waals surface area contributed by atoms with Gasteiger partial charge in [-0.05, 0) is 58.4 Å². The molecule has 5 heteroatoms. The maximum absolute atomic E-state index is 5.89. The molecular formula is C21H31N3O2. The molecule has 4 N–H and O–H groups in total. The quantitative estimate of drug-likeness (QED) is 0.509. The molecule has 5 nitrogen and oxygen atoms in total. The van der Waals surface area contributed by atoms with E-state index < -0.39 is 0 Å². The first-order valence-corrected chi connectivity index (χ1v) is 9.18. The van der Waals surface area contributed by atoms with Crippen molar-refractivity contribution in [1.29, 1.82) is 0 Å². The van der Waals surface area contributed by atoms with Crippen LogP contribution in [0.25, 0.3) is 0 Å². The van der Waals surface area contributed by atoms with E-state index in [4.69, 9.17) is 20.9 Å². The van der Waals surface area contributed by atoms with Gasteiger partial charge in [0.25, 0.3) is 0 Å². The summed E-state index contributed by atoms with van der Waals surface area (Å²) in [5.74, 6) is 2.16. The van der Waals surface area contributed by atoms with Gasteiger partial charge in [0.05, 0.1) is 18.0 Å². The van der Waals surface area contributed by atoms with Gasteiger partial charge in [-0.3, -0.25) is 4.90 Å². The number of ether oxygens (including phenoxy) is 2. The molecule has 0 aliphatic carbocycles. The van der Waals surface area contributed by atoms with Crippen LogP contribution in [0.15, 0.2) is 42.5 Å². The lowest BCUT2D eigenvalue weighted by atomic mass is 10.2. The van der Waals surface area contributed by atoms with E-state index in [9.17, 15) is 0 Å². The molecule has 0 saturated heterocycles. The molecule has 0 aliphatic rings. The molecule has 0 radical (unpaired) electrons. The summed E-state index contributed by atoms with van der Waals surface area (Å²) in [7, 11) is 0. The molecule has 142 valence electrons. The van der Waals surface area contributed by atoms with Crippen molar-refractivity contribution in [1.82, 2.24) is 4.90 Å². The van der Waals surface area contributed by atoms with Crippen LogP contribution in [-0.2, 0) is 0 Å². The Morgan fingerprint density at radius 2 is 1.50 bits per heavy atom. The molecule has 0 aromatic heterocycles. The van der Waals surface area contributed by atoms with Crippen molar-refractivity contribution in [2.45, 2.75) is 46.2 Å². The third-order valence-electron chi connectivity index (χ3n) is 4.26. The van der Waals surface area contributed by atoms with Crippen molar-refractivity contribution < 1.29 is 9.47 Å². The summed E-state index contributed by atoms with van der Waals surface area (Å²) in [5.41, 5.74) is 12.6. The van der Waals surface area contributed by atoms with Crippen LogP contribution >= 0.6 is 0 Å². The van der Waals surface area contributed by atoms with E-state index in [2.05, 4.69) is 32.6 Å². The zero-order valence-electron chi connectivity index (χ0n) is 16.2. The Labute approximate surface area is 156 Å². The van der Waals surface area contributed by atoms with E-state index >= 15 is 0 Å². The minimum Gasteiger partial charge on any atom is -0.493 e. The van der Waals surface area contributed by atoms with E-state index in [1.807, 2.05) is 24.3 Å². The molecular weight excluding hydrogens is 326 g/mol. The van der Waals surface area contributed by atoms with Gasteiger partial charge in [-0.2, -0.15) is 0 Å². The smallest absolute Gasteiger partial charge is 0.131 e. The standard InChI is InChI=1S/C21H31N3O2/c1-15(2)24(16(3)4)11-6-12-25-17-7-5-8-18(13-17)26-19-9-10-20(22)21(23)14-19/h5,7-10,13-16H,6,11-12,22-23H2,1-4H3. The second-order valence-corrected chi connectivity index (χ2v) is 6.99. The summed E-state index contributed by atoms with van der Waals surface area (Å²) in [6.45, 7) is 10.6. The fraction of sp³-hybridized carbons (Fsp3) is 0.429. The summed E-state index contributed by atoms with van der Waals surface area (Å²) in [5, 5.41) is 0. The number of nitrogens with two attached hydrogens (primary N) is 2.